The smallest absolute Gasteiger partial charge is 0.225 e. The number of carbonyl (C=O) groups is 1. The molecule has 1 amide bonds. The van der Waals surface area contributed by atoms with Gasteiger partial charge in [0.15, 0.2) is 0 Å². The Bertz CT molecular complexity index is 266. The van der Waals surface area contributed by atoms with Crippen molar-refractivity contribution >= 4 is 18.3 Å². The van der Waals surface area contributed by atoms with Crippen molar-refractivity contribution in [1.82, 2.24) is 10.6 Å². The molecule has 1 atom stereocenters. The van der Waals surface area contributed by atoms with E-state index in [2.05, 4.69) is 17.6 Å². The molecule has 0 bridgehead atoms. The van der Waals surface area contributed by atoms with Gasteiger partial charge in [-0.2, -0.15) is 0 Å². The van der Waals surface area contributed by atoms with E-state index in [1.165, 1.54) is 25.7 Å². The van der Waals surface area contributed by atoms with Gasteiger partial charge in [-0.15, -0.1) is 12.4 Å². The van der Waals surface area contributed by atoms with Crippen LogP contribution < -0.4 is 10.6 Å². The van der Waals surface area contributed by atoms with Gasteiger partial charge in [0, 0.05) is 26.2 Å². The summed E-state index contributed by atoms with van der Waals surface area (Å²) in [5, 5.41) is 6.16. The summed E-state index contributed by atoms with van der Waals surface area (Å²) < 4.78 is 5.84. The number of halogens is 1. The zero-order chi connectivity index (χ0) is 12.8. The second-order valence-corrected chi connectivity index (χ2v) is 5.47. The first-order chi connectivity index (χ1) is 8.81. The molecule has 112 valence electrons. The van der Waals surface area contributed by atoms with Gasteiger partial charge in [-0.3, -0.25) is 4.79 Å². The summed E-state index contributed by atoms with van der Waals surface area (Å²) in [4.78, 5) is 11.7. The van der Waals surface area contributed by atoms with Crippen LogP contribution in [-0.2, 0) is 9.53 Å². The van der Waals surface area contributed by atoms with Crippen LogP contribution in [0.5, 0.6) is 0 Å². The molecule has 5 heteroatoms. The highest BCUT2D eigenvalue weighted by atomic mass is 35.5. The number of carbonyl (C=O) groups excluding carboxylic acids is 1. The molecule has 0 spiro atoms. The van der Waals surface area contributed by atoms with Crippen LogP contribution in [0.2, 0.25) is 0 Å². The third-order valence-corrected chi connectivity index (χ3v) is 4.19. The van der Waals surface area contributed by atoms with Crippen molar-refractivity contribution in [2.24, 2.45) is 11.8 Å². The number of hydrogen-bond acceptors (Lipinski definition) is 3. The van der Waals surface area contributed by atoms with Gasteiger partial charge in [0.05, 0.1) is 12.0 Å². The molecule has 1 saturated heterocycles. The second-order valence-electron chi connectivity index (χ2n) is 5.47. The lowest BCUT2D eigenvalue weighted by Gasteiger charge is -2.27. The normalized spacial score (nSPS) is 21.5. The SMILES string of the molecule is CCOC(CCNC(=O)C1CNC1)C1CCCC1.Cl. The summed E-state index contributed by atoms with van der Waals surface area (Å²) in [7, 11) is 0. The van der Waals surface area contributed by atoms with Gasteiger partial charge in [0.25, 0.3) is 0 Å². The fourth-order valence-corrected chi connectivity index (χ4v) is 2.95. The molecule has 1 unspecified atom stereocenters. The van der Waals surface area contributed by atoms with Gasteiger partial charge in [-0.25, -0.2) is 0 Å². The van der Waals surface area contributed by atoms with Crippen LogP contribution in [0.25, 0.3) is 0 Å². The molecule has 1 aliphatic carbocycles. The van der Waals surface area contributed by atoms with E-state index in [0.29, 0.717) is 12.0 Å². The quantitative estimate of drug-likeness (QED) is 0.751. The minimum atomic E-state index is 0. The molecular formula is C14H27ClN2O2. The Hall–Kier alpha value is -0.320. The topological polar surface area (TPSA) is 50.4 Å². The number of ether oxygens (including phenoxy) is 1. The van der Waals surface area contributed by atoms with Crippen LogP contribution in [0.3, 0.4) is 0 Å². The molecule has 1 saturated carbocycles. The lowest BCUT2D eigenvalue weighted by molar-refractivity contribution is -0.126. The average molecular weight is 291 g/mol. The molecule has 2 fully saturated rings. The first kappa shape index (κ1) is 16.7. The van der Waals surface area contributed by atoms with E-state index in [9.17, 15) is 4.79 Å². The van der Waals surface area contributed by atoms with E-state index in [-0.39, 0.29) is 24.2 Å². The Morgan fingerprint density at radius 1 is 1.37 bits per heavy atom. The summed E-state index contributed by atoms with van der Waals surface area (Å²) in [6.07, 6.45) is 6.58. The number of nitrogens with one attached hydrogen (secondary N) is 2. The number of rotatable bonds is 7. The highest BCUT2D eigenvalue weighted by Gasteiger charge is 2.27. The van der Waals surface area contributed by atoms with E-state index >= 15 is 0 Å². The van der Waals surface area contributed by atoms with Gasteiger partial charge in [0.1, 0.15) is 0 Å². The Kier molecular flexibility index (Phi) is 7.73. The van der Waals surface area contributed by atoms with Gasteiger partial charge < -0.3 is 15.4 Å². The Balaban J connectivity index is 0.00000180. The summed E-state index contributed by atoms with van der Waals surface area (Å²) >= 11 is 0. The van der Waals surface area contributed by atoms with Crippen molar-refractivity contribution in [3.05, 3.63) is 0 Å². The van der Waals surface area contributed by atoms with Crippen LogP contribution in [0.15, 0.2) is 0 Å². The van der Waals surface area contributed by atoms with Crippen LogP contribution in [0, 0.1) is 11.8 Å². The van der Waals surface area contributed by atoms with Crippen molar-refractivity contribution in [3.63, 3.8) is 0 Å². The molecule has 1 heterocycles. The Labute approximate surface area is 122 Å². The Morgan fingerprint density at radius 2 is 2.05 bits per heavy atom. The zero-order valence-electron chi connectivity index (χ0n) is 11.8. The minimum Gasteiger partial charge on any atom is -0.378 e. The van der Waals surface area contributed by atoms with E-state index in [4.69, 9.17) is 4.74 Å². The number of amides is 1. The summed E-state index contributed by atoms with van der Waals surface area (Å²) in [6, 6.07) is 0. The molecule has 0 radical (unpaired) electrons. The van der Waals surface area contributed by atoms with E-state index < -0.39 is 0 Å². The molecule has 4 nitrogen and oxygen atoms in total. The molecule has 19 heavy (non-hydrogen) atoms. The monoisotopic (exact) mass is 290 g/mol. The van der Waals surface area contributed by atoms with Gasteiger partial charge >= 0.3 is 0 Å². The van der Waals surface area contributed by atoms with Crippen LogP contribution in [0.1, 0.15) is 39.0 Å². The molecule has 0 aromatic rings. The summed E-state index contributed by atoms with van der Waals surface area (Å²) in [5.74, 6) is 1.12. The third kappa shape index (κ3) is 4.93. The predicted molar refractivity (Wildman–Crippen MR) is 78.6 cm³/mol. The van der Waals surface area contributed by atoms with E-state index in [1.54, 1.807) is 0 Å². The molecule has 2 aliphatic rings. The molecule has 2 N–H and O–H groups in total. The van der Waals surface area contributed by atoms with Crippen LogP contribution in [-0.4, -0.2) is 38.3 Å². The maximum atomic E-state index is 11.7. The first-order valence-electron chi connectivity index (χ1n) is 7.41. The molecule has 0 aromatic heterocycles. The average Bonchev–Trinajstić information content (AvgIpc) is 2.78. The van der Waals surface area contributed by atoms with Crippen molar-refractivity contribution in [2.75, 3.05) is 26.2 Å². The van der Waals surface area contributed by atoms with Crippen molar-refractivity contribution < 1.29 is 9.53 Å². The minimum absolute atomic E-state index is 0. The third-order valence-electron chi connectivity index (χ3n) is 4.19. The van der Waals surface area contributed by atoms with Crippen molar-refractivity contribution in [2.45, 2.75) is 45.1 Å². The highest BCUT2D eigenvalue weighted by molar-refractivity contribution is 5.85. The van der Waals surface area contributed by atoms with E-state index in [1.807, 2.05) is 0 Å². The van der Waals surface area contributed by atoms with Crippen molar-refractivity contribution in [3.8, 4) is 0 Å². The summed E-state index contributed by atoms with van der Waals surface area (Å²) in [6.45, 7) is 5.27. The fraction of sp³-hybridized carbons (Fsp3) is 0.929. The van der Waals surface area contributed by atoms with Crippen LogP contribution >= 0.6 is 12.4 Å². The molecular weight excluding hydrogens is 264 g/mol. The second kappa shape index (κ2) is 8.77. The lowest BCUT2D eigenvalue weighted by Crippen LogP contribution is -2.51. The number of hydrogen-bond donors (Lipinski definition) is 2. The summed E-state index contributed by atoms with van der Waals surface area (Å²) in [5.41, 5.74) is 0. The Morgan fingerprint density at radius 3 is 2.58 bits per heavy atom. The highest BCUT2D eigenvalue weighted by Crippen LogP contribution is 2.30. The largest absolute Gasteiger partial charge is 0.378 e. The van der Waals surface area contributed by atoms with Crippen LogP contribution in [0.4, 0.5) is 0 Å². The first-order valence-corrected chi connectivity index (χ1v) is 7.41. The standard InChI is InChI=1S/C14H26N2O2.ClH/c1-2-18-13(11-5-3-4-6-11)7-8-16-14(17)12-9-15-10-12;/h11-13,15H,2-10H2,1H3,(H,16,17);1H. The molecule has 0 aromatic carbocycles. The fourth-order valence-electron chi connectivity index (χ4n) is 2.95. The van der Waals surface area contributed by atoms with Gasteiger partial charge in [-0.1, -0.05) is 12.8 Å². The molecule has 2 rings (SSSR count). The predicted octanol–water partition coefficient (Wildman–Crippen LogP) is 1.73. The van der Waals surface area contributed by atoms with Gasteiger partial charge in [-0.05, 0) is 32.1 Å². The zero-order valence-corrected chi connectivity index (χ0v) is 12.6. The van der Waals surface area contributed by atoms with E-state index in [0.717, 1.165) is 32.7 Å². The van der Waals surface area contributed by atoms with Crippen molar-refractivity contribution in [1.29, 1.82) is 0 Å². The van der Waals surface area contributed by atoms with Gasteiger partial charge in [0.2, 0.25) is 5.91 Å². The maximum absolute atomic E-state index is 11.7. The molecule has 1 aliphatic heterocycles. The lowest BCUT2D eigenvalue weighted by atomic mass is 9.97. The maximum Gasteiger partial charge on any atom is 0.225 e.